The van der Waals surface area contributed by atoms with Crippen molar-refractivity contribution < 1.29 is 14.3 Å². The summed E-state index contributed by atoms with van der Waals surface area (Å²) in [4.78, 5) is 28.8. The van der Waals surface area contributed by atoms with Gasteiger partial charge in [0.25, 0.3) is 5.91 Å². The fourth-order valence-electron chi connectivity index (χ4n) is 4.09. The summed E-state index contributed by atoms with van der Waals surface area (Å²) in [5, 5.41) is 3.91. The first-order valence-electron chi connectivity index (χ1n) is 12.5. The van der Waals surface area contributed by atoms with Crippen molar-refractivity contribution in [3.05, 3.63) is 99.0 Å². The first-order chi connectivity index (χ1) is 17.7. The third-order valence-electron chi connectivity index (χ3n) is 6.22. The van der Waals surface area contributed by atoms with E-state index < -0.39 is 6.04 Å². The standard InChI is InChI=1S/C30H34Cl2N2O3/c1-5-22(4)33-30(36)28(17-23-10-7-6-8-11-23)34(18-25-26(31)12-9-13-27(25)32)29(35)19-37-24-15-20(2)14-21(3)16-24/h6-16,22,28H,5,17-19H2,1-4H3,(H,33,36)/t22-,28+/m0/s1. The van der Waals surface area contributed by atoms with Crippen LogP contribution in [-0.4, -0.2) is 35.4 Å². The highest BCUT2D eigenvalue weighted by Crippen LogP contribution is 2.27. The lowest BCUT2D eigenvalue weighted by Crippen LogP contribution is -2.53. The highest BCUT2D eigenvalue weighted by molar-refractivity contribution is 6.36. The molecule has 1 N–H and O–H groups in total. The molecule has 2 atom stereocenters. The lowest BCUT2D eigenvalue weighted by molar-refractivity contribution is -0.143. The molecule has 0 aromatic heterocycles. The second-order valence-electron chi connectivity index (χ2n) is 9.36. The maximum atomic E-state index is 13.7. The van der Waals surface area contributed by atoms with Crippen molar-refractivity contribution in [2.24, 2.45) is 0 Å². The maximum absolute atomic E-state index is 13.7. The highest BCUT2D eigenvalue weighted by atomic mass is 35.5. The Hall–Kier alpha value is -3.02. The number of ether oxygens (including phenoxy) is 1. The van der Waals surface area contributed by atoms with Crippen LogP contribution in [0.3, 0.4) is 0 Å². The molecule has 3 rings (SSSR count). The van der Waals surface area contributed by atoms with E-state index in [1.165, 1.54) is 4.90 Å². The van der Waals surface area contributed by atoms with Gasteiger partial charge in [-0.2, -0.15) is 0 Å². The molecule has 0 spiro atoms. The van der Waals surface area contributed by atoms with Crippen LogP contribution >= 0.6 is 23.2 Å². The van der Waals surface area contributed by atoms with Gasteiger partial charge in [-0.1, -0.05) is 72.6 Å². The Morgan fingerprint density at radius 3 is 2.16 bits per heavy atom. The van der Waals surface area contributed by atoms with Crippen LogP contribution in [0.5, 0.6) is 5.75 Å². The predicted octanol–water partition coefficient (Wildman–Crippen LogP) is 6.54. The second-order valence-corrected chi connectivity index (χ2v) is 10.2. The van der Waals surface area contributed by atoms with E-state index in [4.69, 9.17) is 27.9 Å². The lowest BCUT2D eigenvalue weighted by Gasteiger charge is -2.32. The number of aryl methyl sites for hydroxylation is 2. The van der Waals surface area contributed by atoms with Crippen LogP contribution in [0.2, 0.25) is 10.0 Å². The van der Waals surface area contributed by atoms with Crippen LogP contribution in [0.15, 0.2) is 66.7 Å². The van der Waals surface area contributed by atoms with Gasteiger partial charge in [0.15, 0.2) is 6.61 Å². The van der Waals surface area contributed by atoms with E-state index in [0.29, 0.717) is 27.8 Å². The van der Waals surface area contributed by atoms with Crippen LogP contribution in [0.4, 0.5) is 0 Å². The van der Waals surface area contributed by atoms with Gasteiger partial charge < -0.3 is 15.0 Å². The van der Waals surface area contributed by atoms with E-state index in [0.717, 1.165) is 23.1 Å². The Morgan fingerprint density at radius 1 is 0.946 bits per heavy atom. The van der Waals surface area contributed by atoms with Gasteiger partial charge in [-0.25, -0.2) is 0 Å². The predicted molar refractivity (Wildman–Crippen MR) is 150 cm³/mol. The summed E-state index contributed by atoms with van der Waals surface area (Å²) < 4.78 is 5.90. The van der Waals surface area contributed by atoms with Crippen molar-refractivity contribution in [2.45, 2.75) is 59.2 Å². The lowest BCUT2D eigenvalue weighted by atomic mass is 10.0. The summed E-state index contributed by atoms with van der Waals surface area (Å²) in [7, 11) is 0. The van der Waals surface area contributed by atoms with E-state index >= 15 is 0 Å². The van der Waals surface area contributed by atoms with Crippen LogP contribution in [0.1, 0.15) is 42.5 Å². The number of nitrogens with one attached hydrogen (secondary N) is 1. The smallest absolute Gasteiger partial charge is 0.261 e. The number of amides is 2. The van der Waals surface area contributed by atoms with Crippen molar-refractivity contribution in [2.75, 3.05) is 6.61 Å². The van der Waals surface area contributed by atoms with E-state index in [1.54, 1.807) is 18.2 Å². The summed E-state index contributed by atoms with van der Waals surface area (Å²) in [6, 6.07) is 19.8. The molecule has 0 aliphatic heterocycles. The quantitative estimate of drug-likeness (QED) is 0.300. The molecule has 2 amide bonds. The number of carbonyl (C=O) groups is 2. The zero-order chi connectivity index (χ0) is 26.9. The molecule has 7 heteroatoms. The van der Waals surface area contributed by atoms with Crippen LogP contribution in [0, 0.1) is 13.8 Å². The Bertz CT molecular complexity index is 1180. The van der Waals surface area contributed by atoms with Gasteiger partial charge in [-0.3, -0.25) is 9.59 Å². The molecule has 0 fully saturated rings. The Morgan fingerprint density at radius 2 is 1.57 bits per heavy atom. The summed E-state index contributed by atoms with van der Waals surface area (Å²) in [6.07, 6.45) is 1.10. The van der Waals surface area contributed by atoms with E-state index in [1.807, 2.05) is 76.2 Å². The summed E-state index contributed by atoms with van der Waals surface area (Å²) >= 11 is 13.0. The zero-order valence-electron chi connectivity index (χ0n) is 21.8. The fraction of sp³-hybridized carbons (Fsp3) is 0.333. The molecule has 0 aliphatic rings. The Balaban J connectivity index is 1.97. The monoisotopic (exact) mass is 540 g/mol. The van der Waals surface area contributed by atoms with Gasteiger partial charge in [0.05, 0.1) is 0 Å². The van der Waals surface area contributed by atoms with E-state index in [9.17, 15) is 9.59 Å². The first-order valence-corrected chi connectivity index (χ1v) is 13.2. The number of halogens is 2. The minimum atomic E-state index is -0.793. The third-order valence-corrected chi connectivity index (χ3v) is 6.93. The van der Waals surface area contributed by atoms with Gasteiger partial charge >= 0.3 is 0 Å². The molecule has 0 bridgehead atoms. The normalized spacial score (nSPS) is 12.5. The van der Waals surface area contributed by atoms with Crippen molar-refractivity contribution in [3.8, 4) is 5.75 Å². The van der Waals surface area contributed by atoms with Crippen molar-refractivity contribution >= 4 is 35.0 Å². The number of nitrogens with zero attached hydrogens (tertiary/aromatic N) is 1. The van der Waals surface area contributed by atoms with Crippen molar-refractivity contribution in [3.63, 3.8) is 0 Å². The minimum Gasteiger partial charge on any atom is -0.484 e. The minimum absolute atomic E-state index is 0.0434. The number of rotatable bonds is 11. The van der Waals surface area contributed by atoms with Gasteiger partial charge in [0.1, 0.15) is 11.8 Å². The molecular formula is C30H34Cl2N2O3. The second kappa shape index (κ2) is 13.5. The first kappa shape index (κ1) is 28.5. The van der Waals surface area contributed by atoms with Gasteiger partial charge in [0, 0.05) is 34.6 Å². The number of hydrogen-bond acceptors (Lipinski definition) is 3. The SMILES string of the molecule is CC[C@H](C)NC(=O)[C@@H](Cc1ccccc1)N(Cc1c(Cl)cccc1Cl)C(=O)COc1cc(C)cc(C)c1. The molecular weight excluding hydrogens is 507 g/mol. The Kier molecular flexibility index (Phi) is 10.4. The average molecular weight is 542 g/mol. The summed E-state index contributed by atoms with van der Waals surface area (Å²) in [6.45, 7) is 7.73. The molecule has 3 aromatic carbocycles. The topological polar surface area (TPSA) is 58.6 Å². The van der Waals surface area contributed by atoms with E-state index in [-0.39, 0.29) is 31.0 Å². The van der Waals surface area contributed by atoms with Crippen LogP contribution in [-0.2, 0) is 22.6 Å². The van der Waals surface area contributed by atoms with Crippen LogP contribution < -0.4 is 10.1 Å². The average Bonchev–Trinajstić information content (AvgIpc) is 2.86. The zero-order valence-corrected chi connectivity index (χ0v) is 23.3. The molecule has 0 saturated carbocycles. The molecule has 0 radical (unpaired) electrons. The largest absolute Gasteiger partial charge is 0.484 e. The summed E-state index contributed by atoms with van der Waals surface area (Å²) in [5.41, 5.74) is 3.60. The van der Waals surface area contributed by atoms with Gasteiger partial charge in [0.2, 0.25) is 5.91 Å². The number of hydrogen-bond donors (Lipinski definition) is 1. The number of benzene rings is 3. The molecule has 0 saturated heterocycles. The third kappa shape index (κ3) is 8.24. The Labute approximate surface area is 229 Å². The van der Waals surface area contributed by atoms with Gasteiger partial charge in [-0.05, 0) is 68.1 Å². The van der Waals surface area contributed by atoms with E-state index in [2.05, 4.69) is 5.32 Å². The highest BCUT2D eigenvalue weighted by Gasteiger charge is 2.32. The van der Waals surface area contributed by atoms with Crippen molar-refractivity contribution in [1.82, 2.24) is 10.2 Å². The molecule has 3 aromatic rings. The molecule has 37 heavy (non-hydrogen) atoms. The van der Waals surface area contributed by atoms with Gasteiger partial charge in [-0.15, -0.1) is 0 Å². The fourth-order valence-corrected chi connectivity index (χ4v) is 4.61. The molecule has 196 valence electrons. The molecule has 0 unspecified atom stereocenters. The van der Waals surface area contributed by atoms with Crippen LogP contribution in [0.25, 0.3) is 0 Å². The van der Waals surface area contributed by atoms with Crippen molar-refractivity contribution in [1.29, 1.82) is 0 Å². The number of carbonyl (C=O) groups excluding carboxylic acids is 2. The maximum Gasteiger partial charge on any atom is 0.261 e. The summed E-state index contributed by atoms with van der Waals surface area (Å²) in [5.74, 6) is 0.0294. The molecule has 0 aliphatic carbocycles. The molecule has 0 heterocycles. The molecule has 5 nitrogen and oxygen atoms in total.